The van der Waals surface area contributed by atoms with Crippen molar-refractivity contribution in [1.82, 2.24) is 20.5 Å². The zero-order valence-corrected chi connectivity index (χ0v) is 18.6. The maximum atomic E-state index is 12.1. The van der Waals surface area contributed by atoms with Crippen LogP contribution in [0.1, 0.15) is 22.0 Å². The molecule has 0 spiro atoms. The first kappa shape index (κ1) is 23.3. The Kier molecular flexibility index (Phi) is 7.52. The Balaban J connectivity index is 1.48. The van der Waals surface area contributed by atoms with Crippen molar-refractivity contribution in [2.24, 2.45) is 12.1 Å². The quantitative estimate of drug-likeness (QED) is 0.274. The van der Waals surface area contributed by atoms with Crippen LogP contribution in [-0.4, -0.2) is 33.7 Å². The van der Waals surface area contributed by atoms with Crippen molar-refractivity contribution in [3.8, 4) is 0 Å². The van der Waals surface area contributed by atoms with E-state index in [0.717, 1.165) is 0 Å². The van der Waals surface area contributed by atoms with E-state index in [4.69, 9.17) is 39.2 Å². The number of amides is 3. The monoisotopic (exact) mass is 496 g/mol. The number of hydrogen-bond donors (Lipinski definition) is 3. The van der Waals surface area contributed by atoms with Gasteiger partial charge >= 0.3 is 11.8 Å². The maximum absolute atomic E-state index is 12.1. The summed E-state index contributed by atoms with van der Waals surface area (Å²) in [5.74, 6) is -1.62. The number of aromatic nitrogens is 2. The SMILES string of the molecule is Cn1ncc(Cl)c1C(=O)N/N=C/c1ccc(CNC(=O)C(=O)Nc2ccc(Cl)c(Cl)c2)o1. The van der Waals surface area contributed by atoms with Crippen molar-refractivity contribution in [2.75, 3.05) is 5.32 Å². The minimum atomic E-state index is -0.881. The van der Waals surface area contributed by atoms with Crippen LogP contribution < -0.4 is 16.1 Å². The van der Waals surface area contributed by atoms with Crippen LogP contribution in [0, 0.1) is 0 Å². The van der Waals surface area contributed by atoms with Crippen molar-refractivity contribution in [2.45, 2.75) is 6.54 Å². The van der Waals surface area contributed by atoms with E-state index in [1.54, 1.807) is 19.2 Å². The number of halogens is 3. The summed E-state index contributed by atoms with van der Waals surface area (Å²) in [6.07, 6.45) is 2.61. The Bertz CT molecular complexity index is 1180. The fourth-order valence-electron chi connectivity index (χ4n) is 2.44. The zero-order chi connectivity index (χ0) is 23.3. The lowest BCUT2D eigenvalue weighted by atomic mass is 10.3. The number of nitrogens with one attached hydrogen (secondary N) is 3. The maximum Gasteiger partial charge on any atom is 0.313 e. The average Bonchev–Trinajstić information content (AvgIpc) is 3.34. The Hall–Kier alpha value is -3.34. The van der Waals surface area contributed by atoms with Gasteiger partial charge < -0.3 is 15.1 Å². The molecule has 0 aliphatic carbocycles. The molecule has 13 heteroatoms. The number of aryl methyl sites for hydroxylation is 1. The Morgan fingerprint density at radius 2 is 1.88 bits per heavy atom. The normalized spacial score (nSPS) is 10.9. The molecule has 1 aromatic carbocycles. The molecule has 0 aliphatic rings. The van der Waals surface area contributed by atoms with E-state index in [0.29, 0.717) is 22.2 Å². The smallest absolute Gasteiger partial charge is 0.313 e. The molecule has 0 saturated heterocycles. The van der Waals surface area contributed by atoms with Crippen LogP contribution >= 0.6 is 34.8 Å². The van der Waals surface area contributed by atoms with E-state index >= 15 is 0 Å². The summed E-state index contributed by atoms with van der Waals surface area (Å²) in [5, 5.41) is 13.2. The number of carbonyl (C=O) groups excluding carboxylic acids is 3. The average molecular weight is 498 g/mol. The van der Waals surface area contributed by atoms with Gasteiger partial charge in [0.05, 0.1) is 34.0 Å². The van der Waals surface area contributed by atoms with Gasteiger partial charge in [-0.05, 0) is 30.3 Å². The lowest BCUT2D eigenvalue weighted by molar-refractivity contribution is -0.136. The second kappa shape index (κ2) is 10.3. The fraction of sp³-hybridized carbons (Fsp3) is 0.105. The van der Waals surface area contributed by atoms with Gasteiger partial charge in [0.25, 0.3) is 5.91 Å². The summed E-state index contributed by atoms with van der Waals surface area (Å²) in [4.78, 5) is 36.0. The van der Waals surface area contributed by atoms with Gasteiger partial charge in [-0.25, -0.2) is 5.43 Å². The molecular formula is C19H15Cl3N6O4. The first-order valence-corrected chi connectivity index (χ1v) is 10.0. The van der Waals surface area contributed by atoms with E-state index in [9.17, 15) is 14.4 Å². The number of furan rings is 1. The molecule has 0 saturated carbocycles. The van der Waals surface area contributed by atoms with E-state index in [2.05, 4.69) is 26.3 Å². The van der Waals surface area contributed by atoms with E-state index in [1.165, 1.54) is 35.3 Å². The number of carbonyl (C=O) groups is 3. The highest BCUT2D eigenvalue weighted by Crippen LogP contribution is 2.24. The Labute approximate surface area is 196 Å². The molecule has 0 atom stereocenters. The van der Waals surface area contributed by atoms with Crippen molar-refractivity contribution >= 4 is 64.4 Å². The summed E-state index contributed by atoms with van der Waals surface area (Å²) >= 11 is 17.6. The van der Waals surface area contributed by atoms with Crippen LogP contribution in [-0.2, 0) is 23.2 Å². The van der Waals surface area contributed by atoms with Gasteiger partial charge in [-0.3, -0.25) is 19.1 Å². The molecule has 166 valence electrons. The molecule has 32 heavy (non-hydrogen) atoms. The molecule has 0 fully saturated rings. The van der Waals surface area contributed by atoms with E-state index < -0.39 is 17.7 Å². The summed E-state index contributed by atoms with van der Waals surface area (Å²) in [5.41, 5.74) is 2.79. The van der Waals surface area contributed by atoms with Gasteiger partial charge in [0.1, 0.15) is 17.2 Å². The molecule has 3 aromatic rings. The van der Waals surface area contributed by atoms with Crippen LogP contribution in [0.2, 0.25) is 15.1 Å². The van der Waals surface area contributed by atoms with Gasteiger partial charge in [-0.15, -0.1) is 0 Å². The lowest BCUT2D eigenvalue weighted by Gasteiger charge is -2.06. The van der Waals surface area contributed by atoms with E-state index in [-0.39, 0.29) is 22.3 Å². The zero-order valence-electron chi connectivity index (χ0n) is 16.4. The highest BCUT2D eigenvalue weighted by molar-refractivity contribution is 6.43. The number of hydrogen-bond acceptors (Lipinski definition) is 6. The molecule has 2 aromatic heterocycles. The predicted molar refractivity (Wildman–Crippen MR) is 119 cm³/mol. The third-order valence-corrected chi connectivity index (χ3v) is 4.97. The Morgan fingerprint density at radius 1 is 1.09 bits per heavy atom. The first-order chi connectivity index (χ1) is 15.2. The van der Waals surface area contributed by atoms with E-state index in [1.807, 2.05) is 0 Å². The third kappa shape index (κ3) is 5.88. The van der Waals surface area contributed by atoms with Crippen LogP contribution in [0.3, 0.4) is 0 Å². The largest absolute Gasteiger partial charge is 0.458 e. The standard InChI is InChI=1S/C19H15Cl3N6O4/c1-28-16(15(22)9-25-28)17(29)27-24-8-12-4-3-11(32-12)7-23-18(30)19(31)26-10-2-5-13(20)14(21)6-10/h2-6,8-9H,7H2,1H3,(H,23,30)(H,26,31)(H,27,29)/b24-8+. The van der Waals surface area contributed by atoms with Crippen LogP contribution in [0.25, 0.3) is 0 Å². The fourth-order valence-corrected chi connectivity index (χ4v) is 2.99. The molecular weight excluding hydrogens is 483 g/mol. The first-order valence-electron chi connectivity index (χ1n) is 8.88. The van der Waals surface area contributed by atoms with Crippen LogP contribution in [0.4, 0.5) is 5.69 Å². The van der Waals surface area contributed by atoms with Gasteiger partial charge in [-0.2, -0.15) is 10.2 Å². The highest BCUT2D eigenvalue weighted by Gasteiger charge is 2.16. The second-order valence-electron chi connectivity index (χ2n) is 6.23. The molecule has 3 amide bonds. The van der Waals surface area contributed by atoms with Gasteiger partial charge in [0, 0.05) is 12.7 Å². The Morgan fingerprint density at radius 3 is 2.56 bits per heavy atom. The third-order valence-electron chi connectivity index (χ3n) is 3.96. The molecule has 2 heterocycles. The second-order valence-corrected chi connectivity index (χ2v) is 7.46. The molecule has 0 bridgehead atoms. The summed E-state index contributed by atoms with van der Waals surface area (Å²) in [7, 11) is 1.57. The molecule has 0 aliphatic heterocycles. The van der Waals surface area contributed by atoms with Crippen LogP contribution in [0.15, 0.2) is 46.0 Å². The molecule has 3 N–H and O–H groups in total. The van der Waals surface area contributed by atoms with Crippen molar-refractivity contribution in [3.05, 3.63) is 68.8 Å². The van der Waals surface area contributed by atoms with Crippen molar-refractivity contribution in [1.29, 1.82) is 0 Å². The number of nitrogens with zero attached hydrogens (tertiary/aromatic N) is 3. The molecule has 0 unspecified atom stereocenters. The number of rotatable bonds is 6. The van der Waals surface area contributed by atoms with Gasteiger partial charge in [0.2, 0.25) is 0 Å². The summed E-state index contributed by atoms with van der Waals surface area (Å²) in [6, 6.07) is 7.59. The molecule has 0 radical (unpaired) electrons. The molecule has 10 nitrogen and oxygen atoms in total. The molecule has 3 rings (SSSR count). The predicted octanol–water partition coefficient (Wildman–Crippen LogP) is 2.99. The lowest BCUT2D eigenvalue weighted by Crippen LogP contribution is -2.34. The number of hydrazone groups is 1. The highest BCUT2D eigenvalue weighted by atomic mass is 35.5. The minimum Gasteiger partial charge on any atom is -0.458 e. The van der Waals surface area contributed by atoms with Gasteiger partial charge in [-0.1, -0.05) is 34.8 Å². The van der Waals surface area contributed by atoms with Crippen LogP contribution in [0.5, 0.6) is 0 Å². The number of anilines is 1. The van der Waals surface area contributed by atoms with Crippen molar-refractivity contribution < 1.29 is 18.8 Å². The summed E-state index contributed by atoms with van der Waals surface area (Å²) in [6.45, 7) is -0.0432. The minimum absolute atomic E-state index is 0.0432. The van der Waals surface area contributed by atoms with Crippen molar-refractivity contribution in [3.63, 3.8) is 0 Å². The van der Waals surface area contributed by atoms with Gasteiger partial charge in [0.15, 0.2) is 0 Å². The number of benzene rings is 1. The topological polar surface area (TPSA) is 131 Å². The summed E-state index contributed by atoms with van der Waals surface area (Å²) < 4.78 is 6.78.